The Bertz CT molecular complexity index is 331. The van der Waals surface area contributed by atoms with Gasteiger partial charge < -0.3 is 20.7 Å². The number of hydrogen-bond donors (Lipinski definition) is 2. The number of nitrogens with two attached hydrogens (primary N) is 1. The van der Waals surface area contributed by atoms with Gasteiger partial charge in [0.05, 0.1) is 6.61 Å². The molecule has 0 fully saturated rings. The highest BCUT2D eigenvalue weighted by molar-refractivity contribution is 5.51. The van der Waals surface area contributed by atoms with Crippen molar-refractivity contribution in [1.82, 2.24) is 9.97 Å². The van der Waals surface area contributed by atoms with Crippen LogP contribution < -0.4 is 16.0 Å². The Kier molecular flexibility index (Phi) is 4.78. The van der Waals surface area contributed by atoms with Crippen molar-refractivity contribution in [3.8, 4) is 0 Å². The van der Waals surface area contributed by atoms with Gasteiger partial charge in [-0.2, -0.15) is 9.97 Å². The van der Waals surface area contributed by atoms with E-state index >= 15 is 0 Å². The molecule has 6 heteroatoms. The van der Waals surface area contributed by atoms with Crippen LogP contribution in [0.15, 0.2) is 6.07 Å². The molecule has 90 valence electrons. The summed E-state index contributed by atoms with van der Waals surface area (Å²) < 4.78 is 5.28. The van der Waals surface area contributed by atoms with Crippen molar-refractivity contribution in [2.24, 2.45) is 0 Å². The van der Waals surface area contributed by atoms with Gasteiger partial charge in [-0.1, -0.05) is 0 Å². The number of likely N-dealkylation sites (N-methyl/N-ethyl adjacent to an activating group) is 1. The Hall–Kier alpha value is -1.56. The Balaban J connectivity index is 2.66. The molecule has 0 aromatic carbocycles. The number of rotatable bonds is 6. The van der Waals surface area contributed by atoms with Gasteiger partial charge in [-0.25, -0.2) is 0 Å². The van der Waals surface area contributed by atoms with Crippen molar-refractivity contribution in [2.45, 2.75) is 6.92 Å². The molecule has 1 heterocycles. The fourth-order valence-corrected chi connectivity index (χ4v) is 1.24. The van der Waals surface area contributed by atoms with E-state index < -0.39 is 0 Å². The van der Waals surface area contributed by atoms with Crippen LogP contribution >= 0.6 is 0 Å². The van der Waals surface area contributed by atoms with E-state index in [2.05, 4.69) is 15.3 Å². The van der Waals surface area contributed by atoms with Gasteiger partial charge in [-0.15, -0.1) is 0 Å². The van der Waals surface area contributed by atoms with E-state index in [0.717, 1.165) is 19.0 Å². The maximum Gasteiger partial charge on any atom is 0.223 e. The second kappa shape index (κ2) is 6.12. The molecule has 0 aliphatic rings. The molecule has 0 saturated heterocycles. The maximum atomic E-state index is 5.61. The molecule has 1 aromatic rings. The number of nitrogens with one attached hydrogen (secondary N) is 1. The van der Waals surface area contributed by atoms with Crippen molar-refractivity contribution in [1.29, 1.82) is 0 Å². The summed E-state index contributed by atoms with van der Waals surface area (Å²) in [4.78, 5) is 10.2. The Labute approximate surface area is 95.8 Å². The summed E-state index contributed by atoms with van der Waals surface area (Å²) in [5.41, 5.74) is 5.61. The minimum atomic E-state index is 0.269. The quantitative estimate of drug-likeness (QED) is 0.689. The molecule has 0 radical (unpaired) electrons. The summed E-state index contributed by atoms with van der Waals surface area (Å²) in [7, 11) is 3.74. The van der Waals surface area contributed by atoms with Gasteiger partial charge in [-0.3, -0.25) is 0 Å². The van der Waals surface area contributed by atoms with Crippen LogP contribution in [0.1, 0.15) is 6.92 Å². The van der Waals surface area contributed by atoms with E-state index in [-0.39, 0.29) is 5.95 Å². The average molecular weight is 225 g/mol. The van der Waals surface area contributed by atoms with E-state index in [1.54, 1.807) is 7.05 Å². The minimum Gasteiger partial charge on any atom is -0.380 e. The van der Waals surface area contributed by atoms with Gasteiger partial charge >= 0.3 is 0 Å². The third kappa shape index (κ3) is 3.54. The number of nitrogens with zero attached hydrogens (tertiary/aromatic N) is 3. The second-order valence-corrected chi connectivity index (χ2v) is 3.34. The standard InChI is InChI=1S/C10H19N5O/c1-4-16-6-5-15(3)9-7-8(12-2)13-10(11)14-9/h7H,4-6H2,1-3H3,(H3,11,12,13,14). The molecule has 1 rings (SSSR count). The van der Waals surface area contributed by atoms with E-state index in [1.165, 1.54) is 0 Å². The summed E-state index contributed by atoms with van der Waals surface area (Å²) in [6.07, 6.45) is 0. The lowest BCUT2D eigenvalue weighted by atomic mass is 10.4. The molecular formula is C10H19N5O. The summed E-state index contributed by atoms with van der Waals surface area (Å²) in [6, 6.07) is 1.85. The zero-order valence-electron chi connectivity index (χ0n) is 10.0. The molecule has 0 aliphatic carbocycles. The SMILES string of the molecule is CCOCCN(C)c1cc(NC)nc(N)n1. The van der Waals surface area contributed by atoms with E-state index in [9.17, 15) is 0 Å². The summed E-state index contributed by atoms with van der Waals surface area (Å²) in [5.74, 6) is 1.77. The first-order valence-corrected chi connectivity index (χ1v) is 5.28. The first kappa shape index (κ1) is 12.5. The van der Waals surface area contributed by atoms with Crippen LogP contribution in [0, 0.1) is 0 Å². The van der Waals surface area contributed by atoms with Crippen molar-refractivity contribution in [3.05, 3.63) is 6.07 Å². The Morgan fingerprint density at radius 1 is 1.50 bits per heavy atom. The maximum absolute atomic E-state index is 5.61. The predicted molar refractivity (Wildman–Crippen MR) is 65.8 cm³/mol. The molecule has 16 heavy (non-hydrogen) atoms. The minimum absolute atomic E-state index is 0.269. The molecule has 0 unspecified atom stereocenters. The first-order valence-electron chi connectivity index (χ1n) is 5.28. The first-order chi connectivity index (χ1) is 7.67. The topological polar surface area (TPSA) is 76.3 Å². The number of hydrogen-bond acceptors (Lipinski definition) is 6. The van der Waals surface area contributed by atoms with E-state index in [0.29, 0.717) is 12.4 Å². The normalized spacial score (nSPS) is 10.2. The molecule has 6 nitrogen and oxygen atoms in total. The van der Waals surface area contributed by atoms with Crippen LogP contribution in [0.5, 0.6) is 0 Å². The van der Waals surface area contributed by atoms with Crippen molar-refractivity contribution in [2.75, 3.05) is 49.8 Å². The van der Waals surface area contributed by atoms with Gasteiger partial charge in [-0.05, 0) is 6.92 Å². The third-order valence-corrected chi connectivity index (χ3v) is 2.15. The van der Waals surface area contributed by atoms with Crippen LogP contribution in [0.3, 0.4) is 0 Å². The summed E-state index contributed by atoms with van der Waals surface area (Å²) in [5, 5.41) is 2.94. The third-order valence-electron chi connectivity index (χ3n) is 2.15. The second-order valence-electron chi connectivity index (χ2n) is 3.34. The van der Waals surface area contributed by atoms with Gasteiger partial charge in [0.15, 0.2) is 0 Å². The van der Waals surface area contributed by atoms with Crippen molar-refractivity contribution in [3.63, 3.8) is 0 Å². The molecule has 0 saturated carbocycles. The summed E-state index contributed by atoms with van der Waals surface area (Å²) in [6.45, 7) is 4.14. The van der Waals surface area contributed by atoms with Crippen LogP contribution in [0.25, 0.3) is 0 Å². The molecule has 3 N–H and O–H groups in total. The van der Waals surface area contributed by atoms with Crippen LogP contribution in [0.2, 0.25) is 0 Å². The van der Waals surface area contributed by atoms with E-state index in [4.69, 9.17) is 10.5 Å². The molecular weight excluding hydrogens is 206 g/mol. The van der Waals surface area contributed by atoms with Crippen LogP contribution in [-0.4, -0.2) is 43.8 Å². The van der Waals surface area contributed by atoms with Crippen LogP contribution in [-0.2, 0) is 4.74 Å². The number of nitrogen functional groups attached to an aromatic ring is 1. The Morgan fingerprint density at radius 2 is 2.25 bits per heavy atom. The molecule has 0 aliphatic heterocycles. The van der Waals surface area contributed by atoms with Gasteiger partial charge in [0, 0.05) is 33.3 Å². The highest BCUT2D eigenvalue weighted by Gasteiger charge is 2.05. The molecule has 0 amide bonds. The molecule has 0 bridgehead atoms. The average Bonchev–Trinajstić information content (AvgIpc) is 2.28. The highest BCUT2D eigenvalue weighted by Crippen LogP contribution is 2.14. The van der Waals surface area contributed by atoms with Crippen LogP contribution in [0.4, 0.5) is 17.6 Å². The Morgan fingerprint density at radius 3 is 2.88 bits per heavy atom. The predicted octanol–water partition coefficient (Wildman–Crippen LogP) is 0.573. The largest absolute Gasteiger partial charge is 0.380 e. The van der Waals surface area contributed by atoms with Gasteiger partial charge in [0.2, 0.25) is 5.95 Å². The summed E-state index contributed by atoms with van der Waals surface area (Å²) >= 11 is 0. The number of aromatic nitrogens is 2. The van der Waals surface area contributed by atoms with E-state index in [1.807, 2.05) is 24.9 Å². The fraction of sp³-hybridized carbons (Fsp3) is 0.600. The molecule has 1 aromatic heterocycles. The number of anilines is 3. The monoisotopic (exact) mass is 225 g/mol. The zero-order chi connectivity index (χ0) is 12.0. The highest BCUT2D eigenvalue weighted by atomic mass is 16.5. The molecule has 0 spiro atoms. The lowest BCUT2D eigenvalue weighted by Crippen LogP contribution is -2.24. The lowest BCUT2D eigenvalue weighted by molar-refractivity contribution is 0.154. The van der Waals surface area contributed by atoms with Crippen molar-refractivity contribution >= 4 is 17.6 Å². The smallest absolute Gasteiger partial charge is 0.223 e. The number of ether oxygens (including phenoxy) is 1. The van der Waals surface area contributed by atoms with Gasteiger partial charge in [0.25, 0.3) is 0 Å². The van der Waals surface area contributed by atoms with Gasteiger partial charge in [0.1, 0.15) is 11.6 Å². The fourth-order valence-electron chi connectivity index (χ4n) is 1.24. The zero-order valence-corrected chi connectivity index (χ0v) is 10.0. The van der Waals surface area contributed by atoms with Crippen molar-refractivity contribution < 1.29 is 4.74 Å². The molecule has 0 atom stereocenters. The lowest BCUT2D eigenvalue weighted by Gasteiger charge is -2.18.